The van der Waals surface area contributed by atoms with Gasteiger partial charge in [0.15, 0.2) is 9.84 Å². The van der Waals surface area contributed by atoms with Gasteiger partial charge in [0.25, 0.3) is 5.56 Å². The number of benzene rings is 2. The molecule has 35 heavy (non-hydrogen) atoms. The first kappa shape index (κ1) is 23.5. The number of anilines is 1. The van der Waals surface area contributed by atoms with Crippen LogP contribution >= 0.6 is 0 Å². The first-order valence-electron chi connectivity index (χ1n) is 11.5. The highest BCUT2D eigenvalue weighted by molar-refractivity contribution is 7.90. The van der Waals surface area contributed by atoms with Gasteiger partial charge in [-0.25, -0.2) is 17.2 Å². The standard InChI is InChI=1S/C26H26F2N2O4S/c1-29-13-21(20-12-18(35(2,32)33)6-8-25(20)34-15-16-3-4-16)22-14-30(10-9-19(22)26(29)31)24-7-5-17(27)11-23(24)28/h5-8,11-13,16H,3-4,9-10,14-15H2,1-2H3. The summed E-state index contributed by atoms with van der Waals surface area (Å²) in [6, 6.07) is 8.20. The average Bonchev–Trinajstić information content (AvgIpc) is 3.64. The molecule has 1 saturated carbocycles. The zero-order chi connectivity index (χ0) is 24.9. The Morgan fingerprint density at radius 2 is 1.83 bits per heavy atom. The highest BCUT2D eigenvalue weighted by atomic mass is 32.2. The fraction of sp³-hybridized carbons (Fsp3) is 0.346. The maximum Gasteiger partial charge on any atom is 0.253 e. The molecule has 184 valence electrons. The molecule has 0 spiro atoms. The molecule has 1 aromatic heterocycles. The summed E-state index contributed by atoms with van der Waals surface area (Å²) in [5, 5.41) is 0. The van der Waals surface area contributed by atoms with E-state index >= 15 is 0 Å². The Hall–Kier alpha value is -3.20. The summed E-state index contributed by atoms with van der Waals surface area (Å²) >= 11 is 0. The van der Waals surface area contributed by atoms with E-state index in [1.807, 2.05) is 0 Å². The average molecular weight is 501 g/mol. The number of sulfone groups is 1. The van der Waals surface area contributed by atoms with Crippen LogP contribution in [0.4, 0.5) is 14.5 Å². The molecule has 9 heteroatoms. The Morgan fingerprint density at radius 3 is 2.51 bits per heavy atom. The van der Waals surface area contributed by atoms with Crippen LogP contribution < -0.4 is 15.2 Å². The summed E-state index contributed by atoms with van der Waals surface area (Å²) in [6.45, 7) is 1.14. The number of ether oxygens (including phenoxy) is 1. The van der Waals surface area contributed by atoms with Crippen LogP contribution in [0.3, 0.4) is 0 Å². The molecule has 5 rings (SSSR count). The van der Waals surface area contributed by atoms with Gasteiger partial charge in [0.1, 0.15) is 17.4 Å². The van der Waals surface area contributed by atoms with E-state index in [4.69, 9.17) is 4.74 Å². The summed E-state index contributed by atoms with van der Waals surface area (Å²) in [7, 11) is -1.84. The number of hydrogen-bond donors (Lipinski definition) is 0. The van der Waals surface area contributed by atoms with E-state index in [2.05, 4.69) is 0 Å². The number of nitrogens with zero attached hydrogens (tertiary/aromatic N) is 2. The minimum atomic E-state index is -3.49. The molecule has 0 bridgehead atoms. The number of hydrogen-bond acceptors (Lipinski definition) is 5. The molecule has 2 aromatic carbocycles. The number of pyridine rings is 1. The molecule has 3 aromatic rings. The first-order valence-corrected chi connectivity index (χ1v) is 13.4. The minimum absolute atomic E-state index is 0.145. The first-order chi connectivity index (χ1) is 16.6. The van der Waals surface area contributed by atoms with Crippen molar-refractivity contribution in [3.05, 3.63) is 75.7 Å². The third-order valence-corrected chi connectivity index (χ3v) is 7.77. The van der Waals surface area contributed by atoms with Crippen LogP contribution in [0.1, 0.15) is 24.0 Å². The predicted molar refractivity (Wildman–Crippen MR) is 130 cm³/mol. The highest BCUT2D eigenvalue weighted by Gasteiger charge is 2.28. The Balaban J connectivity index is 1.65. The van der Waals surface area contributed by atoms with Gasteiger partial charge in [-0.05, 0) is 61.1 Å². The van der Waals surface area contributed by atoms with Crippen LogP contribution in [-0.2, 0) is 29.9 Å². The van der Waals surface area contributed by atoms with Crippen molar-refractivity contribution >= 4 is 15.5 Å². The number of fused-ring (bicyclic) bond motifs is 1. The van der Waals surface area contributed by atoms with Gasteiger partial charge in [-0.15, -0.1) is 0 Å². The van der Waals surface area contributed by atoms with E-state index in [1.165, 1.54) is 22.8 Å². The van der Waals surface area contributed by atoms with Crippen molar-refractivity contribution in [2.45, 2.75) is 30.7 Å². The third kappa shape index (κ3) is 4.69. The predicted octanol–water partition coefficient (Wildman–Crippen LogP) is 4.09. The fourth-order valence-corrected chi connectivity index (χ4v) is 5.18. The molecule has 0 amide bonds. The van der Waals surface area contributed by atoms with Crippen LogP contribution in [0, 0.1) is 17.6 Å². The monoisotopic (exact) mass is 500 g/mol. The Bertz CT molecular complexity index is 1480. The normalized spacial score (nSPS) is 15.7. The fourth-order valence-electron chi connectivity index (χ4n) is 4.53. The highest BCUT2D eigenvalue weighted by Crippen LogP contribution is 2.39. The zero-order valence-electron chi connectivity index (χ0n) is 19.6. The summed E-state index contributed by atoms with van der Waals surface area (Å²) in [5.41, 5.74) is 2.61. The van der Waals surface area contributed by atoms with Crippen LogP contribution in [-0.4, -0.2) is 32.4 Å². The van der Waals surface area contributed by atoms with E-state index in [0.29, 0.717) is 53.5 Å². The van der Waals surface area contributed by atoms with Crippen LogP contribution in [0.15, 0.2) is 52.3 Å². The van der Waals surface area contributed by atoms with Gasteiger partial charge in [0.05, 0.1) is 17.2 Å². The van der Waals surface area contributed by atoms with E-state index in [1.54, 1.807) is 30.3 Å². The van der Waals surface area contributed by atoms with Crippen molar-refractivity contribution in [3.8, 4) is 16.9 Å². The van der Waals surface area contributed by atoms with E-state index in [-0.39, 0.29) is 22.7 Å². The van der Waals surface area contributed by atoms with Crippen LogP contribution in [0.25, 0.3) is 11.1 Å². The Labute approximate surface area is 202 Å². The lowest BCUT2D eigenvalue weighted by molar-refractivity contribution is 0.301. The second-order valence-corrected chi connectivity index (χ2v) is 11.4. The molecule has 0 radical (unpaired) electrons. The van der Waals surface area contributed by atoms with Gasteiger partial charge in [-0.1, -0.05) is 0 Å². The van der Waals surface area contributed by atoms with Crippen molar-refractivity contribution in [2.75, 3.05) is 24.3 Å². The largest absolute Gasteiger partial charge is 0.493 e. The van der Waals surface area contributed by atoms with Gasteiger partial charge in [0.2, 0.25) is 0 Å². The van der Waals surface area contributed by atoms with Crippen molar-refractivity contribution < 1.29 is 21.9 Å². The molecule has 0 unspecified atom stereocenters. The van der Waals surface area contributed by atoms with E-state index in [9.17, 15) is 22.0 Å². The number of aromatic nitrogens is 1. The summed E-state index contributed by atoms with van der Waals surface area (Å²) in [6.07, 6.45) is 5.40. The number of rotatable bonds is 6. The lowest BCUT2D eigenvalue weighted by Crippen LogP contribution is -2.36. The Morgan fingerprint density at radius 1 is 1.06 bits per heavy atom. The van der Waals surface area contributed by atoms with Gasteiger partial charge in [-0.3, -0.25) is 4.79 Å². The summed E-state index contributed by atoms with van der Waals surface area (Å²) in [4.78, 5) is 14.9. The number of halogens is 2. The molecular formula is C26H26F2N2O4S. The molecule has 6 nitrogen and oxygen atoms in total. The van der Waals surface area contributed by atoms with Crippen molar-refractivity contribution in [1.82, 2.24) is 4.57 Å². The lowest BCUT2D eigenvalue weighted by atomic mass is 9.92. The van der Waals surface area contributed by atoms with E-state index < -0.39 is 21.5 Å². The molecule has 2 heterocycles. The zero-order valence-corrected chi connectivity index (χ0v) is 20.4. The second-order valence-electron chi connectivity index (χ2n) is 9.37. The van der Waals surface area contributed by atoms with Gasteiger partial charge >= 0.3 is 0 Å². The minimum Gasteiger partial charge on any atom is -0.493 e. The van der Waals surface area contributed by atoms with Crippen LogP contribution in [0.2, 0.25) is 0 Å². The smallest absolute Gasteiger partial charge is 0.253 e. The molecule has 2 aliphatic rings. The summed E-state index contributed by atoms with van der Waals surface area (Å²) in [5.74, 6) is -0.307. The molecule has 0 saturated heterocycles. The molecular weight excluding hydrogens is 474 g/mol. The second kappa shape index (κ2) is 8.78. The van der Waals surface area contributed by atoms with Crippen molar-refractivity contribution in [2.24, 2.45) is 13.0 Å². The summed E-state index contributed by atoms with van der Waals surface area (Å²) < 4.78 is 60.3. The maximum atomic E-state index is 14.6. The quantitative estimate of drug-likeness (QED) is 0.510. The topological polar surface area (TPSA) is 68.6 Å². The van der Waals surface area contributed by atoms with Gasteiger partial charge in [0, 0.05) is 55.3 Å². The Kier molecular flexibility index (Phi) is 5.91. The lowest BCUT2D eigenvalue weighted by Gasteiger charge is -2.32. The molecule has 0 N–H and O–H groups in total. The van der Waals surface area contributed by atoms with Gasteiger partial charge in [-0.2, -0.15) is 0 Å². The number of aryl methyl sites for hydroxylation is 1. The third-order valence-electron chi connectivity index (χ3n) is 6.66. The molecule has 1 aliphatic heterocycles. The maximum absolute atomic E-state index is 14.6. The van der Waals surface area contributed by atoms with Crippen molar-refractivity contribution in [1.29, 1.82) is 0 Å². The molecule has 1 fully saturated rings. The molecule has 0 atom stereocenters. The van der Waals surface area contributed by atoms with Crippen molar-refractivity contribution in [3.63, 3.8) is 0 Å². The van der Waals surface area contributed by atoms with E-state index in [0.717, 1.165) is 25.2 Å². The SMILES string of the molecule is Cn1cc(-c2cc(S(C)(=O)=O)ccc2OCC2CC2)c2c(c1=O)CCN(c1ccc(F)cc1F)C2. The van der Waals surface area contributed by atoms with Crippen LogP contribution in [0.5, 0.6) is 5.75 Å². The molecule has 1 aliphatic carbocycles. The van der Waals surface area contributed by atoms with Gasteiger partial charge < -0.3 is 14.2 Å².